The highest BCUT2D eigenvalue weighted by molar-refractivity contribution is 6.76. The van der Waals surface area contributed by atoms with Gasteiger partial charge >= 0.3 is 5.97 Å². The molecular weight excluding hydrogens is 418 g/mol. The van der Waals surface area contributed by atoms with Crippen LogP contribution >= 0.6 is 0 Å². The van der Waals surface area contributed by atoms with E-state index in [1.54, 1.807) is 6.07 Å². The van der Waals surface area contributed by atoms with Gasteiger partial charge in [0.2, 0.25) is 0 Å². The number of esters is 1. The number of aliphatic hydroxyl groups excluding tert-OH is 1. The van der Waals surface area contributed by atoms with Gasteiger partial charge in [0.05, 0.1) is 18.2 Å². The largest absolute Gasteiger partial charge is 0.465 e. The van der Waals surface area contributed by atoms with Gasteiger partial charge in [0.1, 0.15) is 12.8 Å². The van der Waals surface area contributed by atoms with Crippen molar-refractivity contribution in [3.63, 3.8) is 0 Å². The number of carbonyl (C=O) groups excluding carboxylic acids is 1. The maximum absolute atomic E-state index is 12.4. The summed E-state index contributed by atoms with van der Waals surface area (Å²) in [7, 11) is 0.214. The molecule has 0 radical (unpaired) electrons. The Morgan fingerprint density at radius 2 is 1.91 bits per heavy atom. The second-order valence-electron chi connectivity index (χ2n) is 9.82. The monoisotopic (exact) mass is 451 g/mol. The lowest BCUT2D eigenvalue weighted by atomic mass is 9.96. The van der Waals surface area contributed by atoms with E-state index < -0.39 is 14.2 Å². The number of aliphatic hydroxyl groups is 1. The maximum atomic E-state index is 12.4. The van der Waals surface area contributed by atoms with E-state index in [0.29, 0.717) is 12.3 Å². The van der Waals surface area contributed by atoms with E-state index in [9.17, 15) is 9.90 Å². The molecule has 6 heteroatoms. The molecule has 4 rings (SSSR count). The van der Waals surface area contributed by atoms with Crippen molar-refractivity contribution in [2.45, 2.75) is 57.8 Å². The minimum Gasteiger partial charge on any atom is -0.465 e. The van der Waals surface area contributed by atoms with Crippen LogP contribution in [0.5, 0.6) is 0 Å². The van der Waals surface area contributed by atoms with Crippen molar-refractivity contribution in [1.82, 2.24) is 4.57 Å². The highest BCUT2D eigenvalue weighted by atomic mass is 28.3. The number of rotatable bonds is 8. The summed E-state index contributed by atoms with van der Waals surface area (Å²) in [6.07, 6.45) is 2.20. The summed E-state index contributed by atoms with van der Waals surface area (Å²) in [4.78, 5) is 12.4. The minimum absolute atomic E-state index is 0.390. The normalized spacial score (nSPS) is 14.5. The minimum atomic E-state index is -1.18. The lowest BCUT2D eigenvalue weighted by molar-refractivity contribution is 0.0600. The quantitative estimate of drug-likeness (QED) is 0.286. The molecule has 1 heterocycles. The number of carbonyl (C=O) groups is 1. The average Bonchev–Trinajstić information content (AvgIpc) is 3.37. The van der Waals surface area contributed by atoms with Gasteiger partial charge in [-0.05, 0) is 48.6 Å². The van der Waals surface area contributed by atoms with Gasteiger partial charge in [-0.3, -0.25) is 0 Å². The number of aryl methyl sites for hydroxylation is 1. The average molecular weight is 452 g/mol. The first-order chi connectivity index (χ1) is 15.3. The topological polar surface area (TPSA) is 60.7 Å². The second kappa shape index (κ2) is 9.22. The summed E-state index contributed by atoms with van der Waals surface area (Å²) in [5, 5.41) is 12.4. The first-order valence-corrected chi connectivity index (χ1v) is 15.1. The standard InChI is InChI=1S/C26H33NO4Si/c1-30-26(29)19-15-21-20-11-8-12-23(20)27(17-31-13-14-32(2,3)4)24(21)22(16-19)25(28)18-9-6-5-7-10-18/h5-7,9-10,15-16,25,28H,8,11-14,17H2,1-4H3. The zero-order chi connectivity index (χ0) is 22.9. The number of methoxy groups -OCH3 is 1. The van der Waals surface area contributed by atoms with Crippen LogP contribution in [0.15, 0.2) is 42.5 Å². The van der Waals surface area contributed by atoms with Crippen LogP contribution in [0, 0.1) is 0 Å². The number of fused-ring (bicyclic) bond motifs is 3. The van der Waals surface area contributed by atoms with Crippen LogP contribution in [-0.2, 0) is 29.0 Å². The summed E-state index contributed by atoms with van der Waals surface area (Å²) in [6, 6.07) is 14.4. The van der Waals surface area contributed by atoms with Crippen LogP contribution in [0.4, 0.5) is 0 Å². The summed E-state index contributed by atoms with van der Waals surface area (Å²) in [6.45, 7) is 8.24. The third-order valence-corrected chi connectivity index (χ3v) is 8.00. The maximum Gasteiger partial charge on any atom is 0.337 e. The molecule has 5 nitrogen and oxygen atoms in total. The molecule has 1 aliphatic rings. The fourth-order valence-electron chi connectivity index (χ4n) is 4.57. The van der Waals surface area contributed by atoms with E-state index >= 15 is 0 Å². The molecule has 1 aliphatic carbocycles. The molecule has 0 bridgehead atoms. The molecule has 0 spiro atoms. The van der Waals surface area contributed by atoms with Crippen LogP contribution in [0.3, 0.4) is 0 Å². The Hall–Kier alpha value is -2.41. The Bertz CT molecular complexity index is 1110. The molecule has 32 heavy (non-hydrogen) atoms. The highest BCUT2D eigenvalue weighted by Crippen LogP contribution is 2.39. The Labute approximate surface area is 191 Å². The van der Waals surface area contributed by atoms with Crippen molar-refractivity contribution in [1.29, 1.82) is 0 Å². The van der Waals surface area contributed by atoms with Crippen molar-refractivity contribution in [3.8, 4) is 0 Å². The van der Waals surface area contributed by atoms with Gasteiger partial charge in [-0.1, -0.05) is 50.0 Å². The Balaban J connectivity index is 1.83. The first kappa shape index (κ1) is 22.8. The molecule has 0 saturated heterocycles. The van der Waals surface area contributed by atoms with Crippen LogP contribution in [0.25, 0.3) is 10.9 Å². The molecule has 170 valence electrons. The third kappa shape index (κ3) is 4.53. The van der Waals surface area contributed by atoms with Crippen molar-refractivity contribution < 1.29 is 19.4 Å². The molecule has 0 aliphatic heterocycles. The molecular formula is C26H33NO4Si. The number of hydrogen-bond donors (Lipinski definition) is 1. The van der Waals surface area contributed by atoms with Gasteiger partial charge in [-0.15, -0.1) is 0 Å². The fraction of sp³-hybridized carbons (Fsp3) is 0.423. The molecule has 2 aromatic carbocycles. The number of hydrogen-bond acceptors (Lipinski definition) is 4. The SMILES string of the molecule is COC(=O)c1cc(C(O)c2ccccc2)c2c(c1)c1c(n2COCC[Si](C)(C)C)CCC1. The molecule has 0 saturated carbocycles. The fourth-order valence-corrected chi connectivity index (χ4v) is 5.33. The zero-order valence-corrected chi connectivity index (χ0v) is 20.5. The predicted octanol–water partition coefficient (Wildman–Crippen LogP) is 5.31. The lowest BCUT2D eigenvalue weighted by Crippen LogP contribution is -2.22. The Kier molecular flexibility index (Phi) is 6.56. The number of aromatic nitrogens is 1. The van der Waals surface area contributed by atoms with Crippen molar-refractivity contribution in [2.24, 2.45) is 0 Å². The van der Waals surface area contributed by atoms with E-state index in [1.807, 2.05) is 36.4 Å². The molecule has 0 amide bonds. The van der Waals surface area contributed by atoms with Gasteiger partial charge in [0, 0.05) is 31.3 Å². The van der Waals surface area contributed by atoms with Crippen molar-refractivity contribution in [2.75, 3.05) is 13.7 Å². The second-order valence-corrected chi connectivity index (χ2v) is 15.4. The van der Waals surface area contributed by atoms with Crippen molar-refractivity contribution in [3.05, 3.63) is 70.4 Å². The number of nitrogens with zero attached hydrogens (tertiary/aromatic N) is 1. The van der Waals surface area contributed by atoms with Crippen LogP contribution in [0.2, 0.25) is 25.7 Å². The van der Waals surface area contributed by atoms with Gasteiger partial charge in [-0.2, -0.15) is 0 Å². The van der Waals surface area contributed by atoms with Crippen LogP contribution in [0.1, 0.15) is 45.3 Å². The Morgan fingerprint density at radius 1 is 1.16 bits per heavy atom. The predicted molar refractivity (Wildman–Crippen MR) is 130 cm³/mol. The van der Waals surface area contributed by atoms with E-state index in [4.69, 9.17) is 9.47 Å². The summed E-state index contributed by atoms with van der Waals surface area (Å²) in [5.41, 5.74) is 5.47. The van der Waals surface area contributed by atoms with Crippen LogP contribution < -0.4 is 0 Å². The smallest absolute Gasteiger partial charge is 0.337 e. The zero-order valence-electron chi connectivity index (χ0n) is 19.5. The molecule has 1 aromatic heterocycles. The molecule has 0 fully saturated rings. The van der Waals surface area contributed by atoms with Crippen LogP contribution in [-0.4, -0.2) is 37.4 Å². The van der Waals surface area contributed by atoms with E-state index in [1.165, 1.54) is 18.4 Å². The van der Waals surface area contributed by atoms with Gasteiger partial charge in [0.15, 0.2) is 0 Å². The van der Waals surface area contributed by atoms with Crippen molar-refractivity contribution >= 4 is 24.9 Å². The van der Waals surface area contributed by atoms with Gasteiger partial charge < -0.3 is 19.1 Å². The molecule has 3 aromatic rings. The van der Waals surface area contributed by atoms with E-state index in [2.05, 4.69) is 24.2 Å². The van der Waals surface area contributed by atoms with E-state index in [0.717, 1.165) is 53.9 Å². The summed E-state index contributed by atoms with van der Waals surface area (Å²) in [5.74, 6) is -0.390. The van der Waals surface area contributed by atoms with Gasteiger partial charge in [-0.25, -0.2) is 4.79 Å². The third-order valence-electron chi connectivity index (χ3n) is 6.30. The first-order valence-electron chi connectivity index (χ1n) is 11.4. The Morgan fingerprint density at radius 3 is 2.59 bits per heavy atom. The number of benzene rings is 2. The lowest BCUT2D eigenvalue weighted by Gasteiger charge is -2.19. The van der Waals surface area contributed by atoms with Gasteiger partial charge in [0.25, 0.3) is 0 Å². The summed E-state index contributed by atoms with van der Waals surface area (Å²) < 4.78 is 13.4. The summed E-state index contributed by atoms with van der Waals surface area (Å²) >= 11 is 0. The highest BCUT2D eigenvalue weighted by Gasteiger charge is 2.27. The molecule has 1 N–H and O–H groups in total. The molecule has 1 unspecified atom stereocenters. The van der Waals surface area contributed by atoms with E-state index in [-0.39, 0.29) is 5.97 Å². The number of ether oxygens (including phenoxy) is 2. The molecule has 1 atom stereocenters.